The third-order valence-corrected chi connectivity index (χ3v) is 3.49. The summed E-state index contributed by atoms with van der Waals surface area (Å²) in [6, 6.07) is 3.95. The van der Waals surface area contributed by atoms with E-state index in [4.69, 9.17) is 0 Å². The van der Waals surface area contributed by atoms with Gasteiger partial charge in [-0.05, 0) is 44.4 Å². The van der Waals surface area contributed by atoms with Crippen molar-refractivity contribution in [2.24, 2.45) is 11.8 Å². The fourth-order valence-corrected chi connectivity index (χ4v) is 2.49. The Bertz CT molecular complexity index is 453. The van der Waals surface area contributed by atoms with Crippen LogP contribution in [0.5, 0.6) is 0 Å². The fourth-order valence-electron chi connectivity index (χ4n) is 2.49. The molecule has 1 fully saturated rings. The fraction of sp³-hybridized carbons (Fsp3) is 0.500. The highest BCUT2D eigenvalue weighted by Gasteiger charge is 2.34. The minimum Gasteiger partial charge on any atom is -0.300 e. The number of aryl methyl sites for hydroxylation is 1. The van der Waals surface area contributed by atoms with Crippen LogP contribution >= 0.6 is 0 Å². The highest BCUT2D eigenvalue weighted by molar-refractivity contribution is 5.91. The molecule has 1 aliphatic carbocycles. The lowest BCUT2D eigenvalue weighted by molar-refractivity contribution is -0.124. The molecule has 1 aromatic heterocycles. The van der Waals surface area contributed by atoms with Crippen LogP contribution in [0.4, 0.5) is 0 Å². The Morgan fingerprint density at radius 3 is 2.88 bits per heavy atom. The van der Waals surface area contributed by atoms with Crippen LogP contribution in [0.3, 0.4) is 0 Å². The normalized spacial score (nSPS) is 24.0. The zero-order valence-corrected chi connectivity index (χ0v) is 10.3. The number of ketones is 2. The van der Waals surface area contributed by atoms with Crippen LogP contribution in [0.1, 0.15) is 31.0 Å². The van der Waals surface area contributed by atoms with Gasteiger partial charge < -0.3 is 0 Å². The van der Waals surface area contributed by atoms with Crippen molar-refractivity contribution in [3.8, 4) is 0 Å². The van der Waals surface area contributed by atoms with E-state index >= 15 is 0 Å². The zero-order chi connectivity index (χ0) is 12.4. The van der Waals surface area contributed by atoms with E-state index in [1.807, 2.05) is 19.1 Å². The SMILES string of the molecule is CC(=O)[C@@H]1CC(=O)[C@@H](Cc2ccnc(C)c2)C1. The molecule has 0 N–H and O–H groups in total. The van der Waals surface area contributed by atoms with Crippen LogP contribution in [-0.2, 0) is 16.0 Å². The van der Waals surface area contributed by atoms with Crippen LogP contribution in [0.2, 0.25) is 0 Å². The van der Waals surface area contributed by atoms with Crippen molar-refractivity contribution >= 4 is 11.6 Å². The van der Waals surface area contributed by atoms with E-state index in [1.165, 1.54) is 0 Å². The van der Waals surface area contributed by atoms with Gasteiger partial charge in [-0.3, -0.25) is 14.6 Å². The molecule has 0 radical (unpaired) electrons. The summed E-state index contributed by atoms with van der Waals surface area (Å²) >= 11 is 0. The van der Waals surface area contributed by atoms with Crippen LogP contribution in [0.15, 0.2) is 18.3 Å². The summed E-state index contributed by atoms with van der Waals surface area (Å²) in [4.78, 5) is 27.2. The third kappa shape index (κ3) is 2.78. The van der Waals surface area contributed by atoms with Crippen molar-refractivity contribution in [1.29, 1.82) is 0 Å². The number of aromatic nitrogens is 1. The number of rotatable bonds is 3. The van der Waals surface area contributed by atoms with Gasteiger partial charge in [0.25, 0.3) is 0 Å². The Balaban J connectivity index is 2.05. The first-order valence-electron chi connectivity index (χ1n) is 6.01. The first-order chi connectivity index (χ1) is 8.06. The van der Waals surface area contributed by atoms with Crippen LogP contribution in [0, 0.1) is 18.8 Å². The minimum absolute atomic E-state index is 0.0192. The first-order valence-corrected chi connectivity index (χ1v) is 6.01. The molecule has 17 heavy (non-hydrogen) atoms. The Labute approximate surface area is 101 Å². The predicted molar refractivity (Wildman–Crippen MR) is 64.6 cm³/mol. The maximum absolute atomic E-state index is 11.8. The molecule has 2 rings (SSSR count). The second kappa shape index (κ2) is 4.78. The molecule has 0 unspecified atom stereocenters. The molecule has 0 aliphatic heterocycles. The summed E-state index contributed by atoms with van der Waals surface area (Å²) in [6.07, 6.45) is 3.66. The second-order valence-electron chi connectivity index (χ2n) is 4.92. The van der Waals surface area contributed by atoms with Gasteiger partial charge in [-0.1, -0.05) is 0 Å². The maximum Gasteiger partial charge on any atom is 0.137 e. The third-order valence-electron chi connectivity index (χ3n) is 3.49. The van der Waals surface area contributed by atoms with Crippen molar-refractivity contribution < 1.29 is 9.59 Å². The predicted octanol–water partition coefficient (Wildman–Crippen LogP) is 2.12. The molecule has 2 atom stereocenters. The molecule has 3 heteroatoms. The van der Waals surface area contributed by atoms with Gasteiger partial charge >= 0.3 is 0 Å². The smallest absolute Gasteiger partial charge is 0.137 e. The second-order valence-corrected chi connectivity index (χ2v) is 4.92. The molecule has 1 saturated carbocycles. The number of pyridine rings is 1. The maximum atomic E-state index is 11.8. The summed E-state index contributed by atoms with van der Waals surface area (Å²) in [6.45, 7) is 3.52. The van der Waals surface area contributed by atoms with Crippen molar-refractivity contribution in [1.82, 2.24) is 4.98 Å². The molecule has 0 bridgehead atoms. The number of hydrogen-bond donors (Lipinski definition) is 0. The van der Waals surface area contributed by atoms with Gasteiger partial charge in [-0.15, -0.1) is 0 Å². The molecule has 0 spiro atoms. The highest BCUT2D eigenvalue weighted by Crippen LogP contribution is 2.30. The van der Waals surface area contributed by atoms with Gasteiger partial charge in [0.2, 0.25) is 0 Å². The molecule has 0 aromatic carbocycles. The van der Waals surface area contributed by atoms with Crippen molar-refractivity contribution in [2.75, 3.05) is 0 Å². The Morgan fingerprint density at radius 1 is 1.53 bits per heavy atom. The molecular formula is C14H17NO2. The quantitative estimate of drug-likeness (QED) is 0.800. The molecule has 90 valence electrons. The van der Waals surface area contributed by atoms with E-state index in [2.05, 4.69) is 4.98 Å². The average Bonchev–Trinajstić information content (AvgIpc) is 2.61. The van der Waals surface area contributed by atoms with E-state index < -0.39 is 0 Å². The molecule has 3 nitrogen and oxygen atoms in total. The van der Waals surface area contributed by atoms with Gasteiger partial charge in [0, 0.05) is 30.1 Å². The van der Waals surface area contributed by atoms with E-state index in [0.717, 1.165) is 24.1 Å². The zero-order valence-electron chi connectivity index (χ0n) is 10.3. The van der Waals surface area contributed by atoms with E-state index in [1.54, 1.807) is 13.1 Å². The topological polar surface area (TPSA) is 47.0 Å². The Morgan fingerprint density at radius 2 is 2.29 bits per heavy atom. The molecule has 0 saturated heterocycles. The number of Topliss-reactive ketones (excluding diaryl/α,β-unsaturated/α-hetero) is 2. The van der Waals surface area contributed by atoms with Crippen LogP contribution in [-0.4, -0.2) is 16.6 Å². The summed E-state index contributed by atoms with van der Waals surface area (Å²) in [7, 11) is 0. The van der Waals surface area contributed by atoms with Crippen molar-refractivity contribution in [3.63, 3.8) is 0 Å². The summed E-state index contributed by atoms with van der Waals surface area (Å²) in [5, 5.41) is 0. The monoisotopic (exact) mass is 231 g/mol. The first kappa shape index (κ1) is 12.0. The average molecular weight is 231 g/mol. The molecule has 0 amide bonds. The van der Waals surface area contributed by atoms with Gasteiger partial charge in [0.1, 0.15) is 11.6 Å². The number of carbonyl (C=O) groups is 2. The van der Waals surface area contributed by atoms with Gasteiger partial charge in [-0.2, -0.15) is 0 Å². The molecular weight excluding hydrogens is 214 g/mol. The molecule has 1 heterocycles. The van der Waals surface area contributed by atoms with Crippen molar-refractivity contribution in [2.45, 2.75) is 33.1 Å². The summed E-state index contributed by atoms with van der Waals surface area (Å²) < 4.78 is 0. The van der Waals surface area contributed by atoms with Gasteiger partial charge in [0.05, 0.1) is 0 Å². The lowest BCUT2D eigenvalue weighted by atomic mass is 9.95. The van der Waals surface area contributed by atoms with Crippen molar-refractivity contribution in [3.05, 3.63) is 29.6 Å². The molecule has 1 aromatic rings. The summed E-state index contributed by atoms with van der Waals surface area (Å²) in [5.74, 6) is 0.354. The standard InChI is InChI=1S/C14H17NO2/c1-9-5-11(3-4-15-9)6-13-7-12(10(2)16)8-14(13)17/h3-5,12-13H,6-8H2,1-2H3/t12-,13-/m0/s1. The Kier molecular flexibility index (Phi) is 3.36. The van der Waals surface area contributed by atoms with Gasteiger partial charge in [0.15, 0.2) is 0 Å². The van der Waals surface area contributed by atoms with E-state index in [-0.39, 0.29) is 23.4 Å². The number of nitrogens with zero attached hydrogens (tertiary/aromatic N) is 1. The summed E-state index contributed by atoms with van der Waals surface area (Å²) in [5.41, 5.74) is 2.11. The van der Waals surface area contributed by atoms with Crippen LogP contribution < -0.4 is 0 Å². The Hall–Kier alpha value is -1.51. The van der Waals surface area contributed by atoms with E-state index in [9.17, 15) is 9.59 Å². The highest BCUT2D eigenvalue weighted by atomic mass is 16.1. The minimum atomic E-state index is -0.0459. The van der Waals surface area contributed by atoms with Crippen LogP contribution in [0.25, 0.3) is 0 Å². The molecule has 1 aliphatic rings. The lowest BCUT2D eigenvalue weighted by Crippen LogP contribution is -2.10. The van der Waals surface area contributed by atoms with E-state index in [0.29, 0.717) is 6.42 Å². The number of hydrogen-bond acceptors (Lipinski definition) is 3. The largest absolute Gasteiger partial charge is 0.300 e. The van der Waals surface area contributed by atoms with Gasteiger partial charge in [-0.25, -0.2) is 0 Å². The number of carbonyl (C=O) groups excluding carboxylic acids is 2. The lowest BCUT2D eigenvalue weighted by Gasteiger charge is -2.08.